The molecule has 0 spiro atoms. The Balaban J connectivity index is 0.873. The number of nitrogens with two attached hydrogens (primary N) is 1. The van der Waals surface area contributed by atoms with Crippen LogP contribution in [0.5, 0.6) is 5.75 Å². The fourth-order valence-electron chi connectivity index (χ4n) is 8.12. The Morgan fingerprint density at radius 2 is 1.15 bits per heavy atom. The summed E-state index contributed by atoms with van der Waals surface area (Å²) in [6.07, 6.45) is 2.73. The number of morpholine rings is 1. The number of benzene rings is 2. The van der Waals surface area contributed by atoms with E-state index in [1.54, 1.807) is 0 Å². The van der Waals surface area contributed by atoms with Crippen LogP contribution in [0.15, 0.2) is 48.5 Å². The molecule has 0 atom stereocenters. The fraction of sp³-hybridized carbons (Fsp3) is 0.667. The Morgan fingerprint density at radius 3 is 1.68 bits per heavy atom. The molecule has 22 heteroatoms. The van der Waals surface area contributed by atoms with Crippen LogP contribution in [0.2, 0.25) is 0 Å². The number of hydrogen-bond donors (Lipinski definition) is 4. The summed E-state index contributed by atoms with van der Waals surface area (Å²) in [4.78, 5) is 23.1. The number of nitrogens with zero attached hydrogens (tertiary/aromatic N) is 4. The molecule has 0 saturated carbocycles. The van der Waals surface area contributed by atoms with Crippen molar-refractivity contribution >= 4 is 28.6 Å². The molecule has 0 radical (unpaired) electrons. The predicted octanol–water partition coefficient (Wildman–Crippen LogP) is 4.20. The van der Waals surface area contributed by atoms with E-state index >= 15 is 0 Å². The number of amides is 1. The van der Waals surface area contributed by atoms with Gasteiger partial charge >= 0.3 is 0 Å². The lowest BCUT2D eigenvalue weighted by atomic mass is 10.0. The quantitative estimate of drug-likeness (QED) is 0.0453. The summed E-state index contributed by atoms with van der Waals surface area (Å²) in [6, 6.07) is 16.8. The molecule has 1 saturated heterocycles. The van der Waals surface area contributed by atoms with E-state index in [4.69, 9.17) is 77.3 Å². The summed E-state index contributed by atoms with van der Waals surface area (Å²) in [5, 5.41) is 16.8. The number of hydrogen-bond acceptors (Lipinski definition) is 20. The number of carbonyl (C=O) groups excluding carboxylic acids is 1. The van der Waals surface area contributed by atoms with Gasteiger partial charge in [0.25, 0.3) is 0 Å². The molecule has 2 aromatic carbocycles. The van der Waals surface area contributed by atoms with Crippen molar-refractivity contribution in [1.29, 1.82) is 0 Å². The van der Waals surface area contributed by atoms with Crippen molar-refractivity contribution in [3.8, 4) is 5.75 Å². The summed E-state index contributed by atoms with van der Waals surface area (Å²) >= 11 is 0. The van der Waals surface area contributed by atoms with Gasteiger partial charge in [-0.05, 0) is 86.7 Å². The van der Waals surface area contributed by atoms with Crippen molar-refractivity contribution in [1.82, 2.24) is 19.4 Å². The third kappa shape index (κ3) is 29.1. The third-order valence-corrected chi connectivity index (χ3v) is 12.3. The second kappa shape index (κ2) is 42.2. The zero-order valence-electron chi connectivity index (χ0n) is 47.1. The zero-order chi connectivity index (χ0) is 55.6. The van der Waals surface area contributed by atoms with E-state index in [0.717, 1.165) is 98.3 Å². The number of carbonyl (C=O) groups is 1. The van der Waals surface area contributed by atoms with Crippen molar-refractivity contribution in [2.75, 3.05) is 209 Å². The average Bonchev–Trinajstić information content (AvgIpc) is 3.93. The number of pyridine rings is 1. The van der Waals surface area contributed by atoms with Crippen LogP contribution in [-0.4, -0.2) is 228 Å². The predicted molar refractivity (Wildman–Crippen MR) is 300 cm³/mol. The van der Waals surface area contributed by atoms with Crippen LogP contribution in [0.4, 0.5) is 11.6 Å². The number of nitrogens with one attached hydrogen (secondary N) is 2. The van der Waals surface area contributed by atoms with Gasteiger partial charge in [-0.15, -0.1) is 0 Å². The van der Waals surface area contributed by atoms with E-state index in [2.05, 4.69) is 63.4 Å². The molecule has 5 N–H and O–H groups in total. The maximum atomic E-state index is 10.6. The number of primary amides is 1. The third-order valence-electron chi connectivity index (χ3n) is 12.3. The van der Waals surface area contributed by atoms with Gasteiger partial charge in [0.1, 0.15) is 18.1 Å². The number of aryl methyl sites for hydroxylation is 3. The SMILES string of the molecule is Cc1ccc(CCCO)c(NCc2ccc3nc(NCCCN4CCOCC4)n(Cc4nc(C)ccc4OCCOCCOCCOCCOCCOCCOCCOCCOCCOCCOCCOCCC(N)=O)c3c2)c1. The summed E-state index contributed by atoms with van der Waals surface area (Å²) in [7, 11) is 0. The molecule has 0 aliphatic carbocycles. The van der Waals surface area contributed by atoms with Crippen LogP contribution in [0.25, 0.3) is 11.0 Å². The summed E-state index contributed by atoms with van der Waals surface area (Å²) in [6.45, 7) is 21.0. The van der Waals surface area contributed by atoms with Gasteiger partial charge in [0.05, 0.1) is 176 Å². The molecule has 22 nitrogen and oxygen atoms in total. The number of rotatable bonds is 50. The smallest absolute Gasteiger partial charge is 0.219 e. The summed E-state index contributed by atoms with van der Waals surface area (Å²) in [5.41, 5.74) is 13.3. The Hall–Kier alpha value is -4.63. The molecule has 79 heavy (non-hydrogen) atoms. The van der Waals surface area contributed by atoms with E-state index in [1.165, 1.54) is 11.1 Å². The molecular formula is C57H91N7O15. The molecule has 0 unspecified atom stereocenters. The van der Waals surface area contributed by atoms with E-state index in [-0.39, 0.29) is 18.9 Å². The number of fused-ring (bicyclic) bond motifs is 1. The zero-order valence-corrected chi connectivity index (χ0v) is 47.1. The number of aromatic nitrogens is 3. The minimum atomic E-state index is -0.379. The first-order valence-electron chi connectivity index (χ1n) is 28.1. The Morgan fingerprint density at radius 1 is 0.620 bits per heavy atom. The lowest BCUT2D eigenvalue weighted by Crippen LogP contribution is -2.37. The second-order valence-electron chi connectivity index (χ2n) is 18.6. The molecular weight excluding hydrogens is 1020 g/mol. The number of ether oxygens (including phenoxy) is 13. The van der Waals surface area contributed by atoms with E-state index in [9.17, 15) is 9.90 Å². The molecule has 5 rings (SSSR count). The van der Waals surface area contributed by atoms with Crippen LogP contribution in [0.1, 0.15) is 47.3 Å². The van der Waals surface area contributed by atoms with E-state index in [0.29, 0.717) is 171 Å². The van der Waals surface area contributed by atoms with Crippen LogP contribution in [-0.2, 0) is 81.1 Å². The highest BCUT2D eigenvalue weighted by molar-refractivity contribution is 5.80. The van der Waals surface area contributed by atoms with Gasteiger partial charge in [0, 0.05) is 50.6 Å². The summed E-state index contributed by atoms with van der Waals surface area (Å²) in [5.74, 6) is 1.12. The normalized spacial score (nSPS) is 12.9. The molecule has 3 heterocycles. The molecule has 0 bridgehead atoms. The van der Waals surface area contributed by atoms with Crippen molar-refractivity contribution in [3.63, 3.8) is 0 Å². The monoisotopic (exact) mass is 1110 g/mol. The molecule has 444 valence electrons. The van der Waals surface area contributed by atoms with Crippen LogP contribution in [0, 0.1) is 13.8 Å². The van der Waals surface area contributed by atoms with Gasteiger partial charge in [0.15, 0.2) is 0 Å². The number of anilines is 2. The minimum absolute atomic E-state index is 0.165. The lowest BCUT2D eigenvalue weighted by Gasteiger charge is -2.26. The highest BCUT2D eigenvalue weighted by Gasteiger charge is 2.17. The minimum Gasteiger partial charge on any atom is -0.489 e. The van der Waals surface area contributed by atoms with Crippen molar-refractivity contribution < 1.29 is 71.5 Å². The molecule has 1 aliphatic rings. The van der Waals surface area contributed by atoms with Crippen molar-refractivity contribution in [3.05, 3.63) is 76.6 Å². The Labute approximate surface area is 467 Å². The van der Waals surface area contributed by atoms with Gasteiger partial charge < -0.3 is 87.6 Å². The topological polar surface area (TPSA) is 241 Å². The van der Waals surface area contributed by atoms with Gasteiger partial charge in [0.2, 0.25) is 11.9 Å². The highest BCUT2D eigenvalue weighted by Crippen LogP contribution is 2.27. The highest BCUT2D eigenvalue weighted by atomic mass is 16.6. The molecule has 1 fully saturated rings. The number of aliphatic hydroxyl groups is 1. The Kier molecular flexibility index (Phi) is 34.9. The molecule has 4 aromatic rings. The maximum absolute atomic E-state index is 10.6. The number of aliphatic hydroxyl groups excluding tert-OH is 1. The standard InChI is InChI=1S/C57H91N7O15/c1-47-6-9-50(5-3-17-65)52(43-47)60-45-49-8-10-51-54(44-49)64(57(62-51)59-13-4-14-63-15-19-68-20-16-63)46-53-55(11-7-48(2)61-53)79-42-41-78-40-39-77-38-37-76-36-35-75-34-33-74-32-31-73-30-29-72-28-27-71-26-25-70-24-23-69-22-21-67-18-12-56(58)66/h6-11,43-44,60,65H,3-5,12-42,45-46H2,1-2H3,(H2,58,66)(H,59,62). The van der Waals surface area contributed by atoms with Gasteiger partial charge in [-0.2, -0.15) is 0 Å². The first-order chi connectivity index (χ1) is 38.9. The van der Waals surface area contributed by atoms with Gasteiger partial charge in [-0.3, -0.25) is 14.7 Å². The largest absolute Gasteiger partial charge is 0.489 e. The molecule has 1 amide bonds. The van der Waals surface area contributed by atoms with Crippen LogP contribution < -0.4 is 21.1 Å². The van der Waals surface area contributed by atoms with Crippen molar-refractivity contribution in [2.45, 2.75) is 52.6 Å². The maximum Gasteiger partial charge on any atom is 0.219 e. The Bertz CT molecular complexity index is 2200. The summed E-state index contributed by atoms with van der Waals surface area (Å²) < 4.78 is 75.0. The lowest BCUT2D eigenvalue weighted by molar-refractivity contribution is -0.119. The van der Waals surface area contributed by atoms with E-state index in [1.807, 2.05) is 19.1 Å². The first kappa shape index (κ1) is 65.2. The fourth-order valence-corrected chi connectivity index (χ4v) is 8.12. The van der Waals surface area contributed by atoms with Crippen LogP contribution in [0.3, 0.4) is 0 Å². The average molecular weight is 1110 g/mol. The van der Waals surface area contributed by atoms with E-state index < -0.39 is 0 Å². The number of imidazole rings is 1. The second-order valence-corrected chi connectivity index (χ2v) is 18.6. The van der Waals surface area contributed by atoms with Gasteiger partial charge in [-0.25, -0.2) is 4.98 Å². The molecule has 2 aromatic heterocycles. The first-order valence-corrected chi connectivity index (χ1v) is 28.1. The van der Waals surface area contributed by atoms with Crippen LogP contribution >= 0.6 is 0 Å². The molecule has 1 aliphatic heterocycles. The van der Waals surface area contributed by atoms with Gasteiger partial charge in [-0.1, -0.05) is 18.2 Å². The van der Waals surface area contributed by atoms with Crippen molar-refractivity contribution in [2.24, 2.45) is 5.73 Å².